The van der Waals surface area contributed by atoms with Crippen molar-refractivity contribution in [1.29, 1.82) is 0 Å². The predicted molar refractivity (Wildman–Crippen MR) is 90.3 cm³/mol. The molecule has 120 valence electrons. The molecule has 4 rings (SSSR count). The molecule has 3 heterocycles. The average molecular weight is 339 g/mol. The number of ether oxygens (including phenoxy) is 1. The summed E-state index contributed by atoms with van der Waals surface area (Å²) >= 11 is 1.46. The maximum absolute atomic E-state index is 12.4. The molecule has 1 N–H and O–H groups in total. The van der Waals surface area contributed by atoms with Gasteiger partial charge in [-0.2, -0.15) is 4.52 Å². The Bertz CT molecular complexity index is 1010. The van der Waals surface area contributed by atoms with E-state index in [1.54, 1.807) is 23.8 Å². The molecule has 3 aromatic heterocycles. The van der Waals surface area contributed by atoms with Crippen molar-refractivity contribution in [3.63, 3.8) is 0 Å². The van der Waals surface area contributed by atoms with Crippen LogP contribution in [0.15, 0.2) is 42.5 Å². The minimum Gasteiger partial charge on any atom is -0.480 e. The lowest BCUT2D eigenvalue weighted by atomic mass is 10.2. The van der Waals surface area contributed by atoms with Crippen LogP contribution in [0, 0.1) is 0 Å². The van der Waals surface area contributed by atoms with E-state index in [-0.39, 0.29) is 12.5 Å². The van der Waals surface area contributed by atoms with Crippen molar-refractivity contribution in [1.82, 2.24) is 25.1 Å². The Morgan fingerprint density at radius 3 is 2.96 bits per heavy atom. The number of hydrogen-bond acceptors (Lipinski definition) is 6. The van der Waals surface area contributed by atoms with E-state index in [0.717, 1.165) is 10.1 Å². The summed E-state index contributed by atoms with van der Waals surface area (Å²) in [6, 6.07) is 13.3. The van der Waals surface area contributed by atoms with Gasteiger partial charge in [0.05, 0.1) is 18.5 Å². The molecule has 8 heteroatoms. The van der Waals surface area contributed by atoms with Gasteiger partial charge in [-0.05, 0) is 23.6 Å². The predicted octanol–water partition coefficient (Wildman–Crippen LogP) is 2.28. The lowest BCUT2D eigenvalue weighted by Gasteiger charge is -2.03. The van der Waals surface area contributed by atoms with E-state index in [0.29, 0.717) is 22.2 Å². The molecule has 0 aliphatic rings. The molecule has 0 bridgehead atoms. The lowest BCUT2D eigenvalue weighted by molar-refractivity contribution is 0.0954. The standard InChI is InChI=1S/C16H13N5O2S/c1-23-15-7-6-13-18-19-14(21(13)20-15)9-17-16(22)12-8-10-4-2-3-5-11(10)24-12/h2-8H,9H2,1H3,(H,17,22). The van der Waals surface area contributed by atoms with Gasteiger partial charge in [0.2, 0.25) is 5.88 Å². The number of thiophene rings is 1. The molecule has 0 fully saturated rings. The first kappa shape index (κ1) is 14.6. The zero-order valence-electron chi connectivity index (χ0n) is 12.8. The fourth-order valence-corrected chi connectivity index (χ4v) is 3.35. The fourth-order valence-electron chi connectivity index (χ4n) is 2.38. The summed E-state index contributed by atoms with van der Waals surface area (Å²) in [6.07, 6.45) is 0. The van der Waals surface area contributed by atoms with Gasteiger partial charge < -0.3 is 10.1 Å². The van der Waals surface area contributed by atoms with E-state index in [4.69, 9.17) is 4.74 Å². The largest absolute Gasteiger partial charge is 0.480 e. The van der Waals surface area contributed by atoms with E-state index in [2.05, 4.69) is 20.6 Å². The highest BCUT2D eigenvalue weighted by molar-refractivity contribution is 7.20. The number of nitrogens with one attached hydrogen (secondary N) is 1. The lowest BCUT2D eigenvalue weighted by Crippen LogP contribution is -2.23. The third-order valence-corrected chi connectivity index (χ3v) is 4.68. The van der Waals surface area contributed by atoms with E-state index in [1.807, 2.05) is 30.3 Å². The van der Waals surface area contributed by atoms with Gasteiger partial charge in [0.25, 0.3) is 5.91 Å². The van der Waals surface area contributed by atoms with Crippen LogP contribution in [0.4, 0.5) is 0 Å². The summed E-state index contributed by atoms with van der Waals surface area (Å²) < 4.78 is 7.75. The van der Waals surface area contributed by atoms with Gasteiger partial charge in [-0.25, -0.2) is 0 Å². The van der Waals surface area contributed by atoms with Crippen molar-refractivity contribution in [3.05, 3.63) is 53.2 Å². The quantitative estimate of drug-likeness (QED) is 0.617. The van der Waals surface area contributed by atoms with Crippen LogP contribution in [0.25, 0.3) is 15.7 Å². The maximum Gasteiger partial charge on any atom is 0.261 e. The molecule has 1 amide bonds. The molecule has 0 saturated carbocycles. The minimum absolute atomic E-state index is 0.143. The number of carbonyl (C=O) groups is 1. The highest BCUT2D eigenvalue weighted by Crippen LogP contribution is 2.25. The third kappa shape index (κ3) is 2.56. The second-order valence-electron chi connectivity index (χ2n) is 5.09. The second kappa shape index (κ2) is 5.89. The molecule has 4 aromatic rings. The van der Waals surface area contributed by atoms with Gasteiger partial charge in [0.15, 0.2) is 11.5 Å². The number of fused-ring (bicyclic) bond motifs is 2. The highest BCUT2D eigenvalue weighted by atomic mass is 32.1. The number of carbonyl (C=O) groups excluding carboxylic acids is 1. The van der Waals surface area contributed by atoms with Crippen LogP contribution in [-0.2, 0) is 6.54 Å². The molecule has 0 radical (unpaired) electrons. The summed E-state index contributed by atoms with van der Waals surface area (Å²) in [6.45, 7) is 0.231. The Morgan fingerprint density at radius 2 is 2.12 bits per heavy atom. The molecule has 0 aliphatic carbocycles. The SMILES string of the molecule is COc1ccc2nnc(CNC(=O)c3cc4ccccc4s3)n2n1. The van der Waals surface area contributed by atoms with Gasteiger partial charge in [-0.3, -0.25) is 4.79 Å². The fraction of sp³-hybridized carbons (Fsp3) is 0.125. The van der Waals surface area contributed by atoms with Crippen molar-refractivity contribution in [2.24, 2.45) is 0 Å². The number of methoxy groups -OCH3 is 1. The number of amides is 1. The molecule has 1 aromatic carbocycles. The zero-order chi connectivity index (χ0) is 16.5. The summed E-state index contributed by atoms with van der Waals surface area (Å²) in [5.41, 5.74) is 0.599. The van der Waals surface area contributed by atoms with Crippen molar-refractivity contribution < 1.29 is 9.53 Å². The van der Waals surface area contributed by atoms with Gasteiger partial charge in [0, 0.05) is 10.8 Å². The van der Waals surface area contributed by atoms with Crippen LogP contribution in [-0.4, -0.2) is 32.8 Å². The number of aromatic nitrogens is 4. The van der Waals surface area contributed by atoms with Crippen molar-refractivity contribution >= 4 is 33.0 Å². The van der Waals surface area contributed by atoms with Crippen molar-refractivity contribution in [2.45, 2.75) is 6.54 Å². The molecule has 0 saturated heterocycles. The summed E-state index contributed by atoms with van der Waals surface area (Å²) in [5, 5.41) is 16.3. The minimum atomic E-state index is -0.143. The Balaban J connectivity index is 1.54. The monoisotopic (exact) mass is 339 g/mol. The van der Waals surface area contributed by atoms with Crippen LogP contribution in [0.1, 0.15) is 15.5 Å². The van der Waals surface area contributed by atoms with Crippen LogP contribution in [0.5, 0.6) is 5.88 Å². The Labute approximate surface area is 140 Å². The van der Waals surface area contributed by atoms with E-state index < -0.39 is 0 Å². The van der Waals surface area contributed by atoms with Crippen LogP contribution >= 0.6 is 11.3 Å². The molecule has 0 unspecified atom stereocenters. The average Bonchev–Trinajstić information content (AvgIpc) is 3.23. The molecule has 0 aliphatic heterocycles. The first-order chi connectivity index (χ1) is 11.7. The molecule has 0 atom stereocenters. The smallest absolute Gasteiger partial charge is 0.261 e. The van der Waals surface area contributed by atoms with Gasteiger partial charge >= 0.3 is 0 Å². The topological polar surface area (TPSA) is 81.4 Å². The van der Waals surface area contributed by atoms with Crippen molar-refractivity contribution in [3.8, 4) is 5.88 Å². The number of nitrogens with zero attached hydrogens (tertiary/aromatic N) is 4. The van der Waals surface area contributed by atoms with Crippen LogP contribution < -0.4 is 10.1 Å². The summed E-state index contributed by atoms with van der Waals surface area (Å²) in [4.78, 5) is 13.0. The van der Waals surface area contributed by atoms with Gasteiger partial charge in [-0.1, -0.05) is 18.2 Å². The molecular weight excluding hydrogens is 326 g/mol. The number of rotatable bonds is 4. The number of hydrogen-bond donors (Lipinski definition) is 1. The molecule has 24 heavy (non-hydrogen) atoms. The molecule has 0 spiro atoms. The zero-order valence-corrected chi connectivity index (χ0v) is 13.6. The van der Waals surface area contributed by atoms with Crippen molar-refractivity contribution in [2.75, 3.05) is 7.11 Å². The summed E-state index contributed by atoms with van der Waals surface area (Å²) in [5.74, 6) is 0.855. The first-order valence-electron chi connectivity index (χ1n) is 7.27. The van der Waals surface area contributed by atoms with Gasteiger partial charge in [-0.15, -0.1) is 26.6 Å². The summed E-state index contributed by atoms with van der Waals surface area (Å²) in [7, 11) is 1.54. The van der Waals surface area contributed by atoms with E-state index in [9.17, 15) is 4.79 Å². The Hall–Kier alpha value is -3.00. The van der Waals surface area contributed by atoms with Gasteiger partial charge in [0.1, 0.15) is 0 Å². The van der Waals surface area contributed by atoms with E-state index >= 15 is 0 Å². The first-order valence-corrected chi connectivity index (χ1v) is 8.08. The molecular formula is C16H13N5O2S. The Morgan fingerprint density at radius 1 is 1.25 bits per heavy atom. The molecule has 7 nitrogen and oxygen atoms in total. The Kier molecular flexibility index (Phi) is 3.58. The van der Waals surface area contributed by atoms with E-state index in [1.165, 1.54) is 11.3 Å². The third-order valence-electron chi connectivity index (χ3n) is 3.57. The highest BCUT2D eigenvalue weighted by Gasteiger charge is 2.13. The maximum atomic E-state index is 12.4. The number of benzene rings is 1. The van der Waals surface area contributed by atoms with Crippen LogP contribution in [0.3, 0.4) is 0 Å². The second-order valence-corrected chi connectivity index (χ2v) is 6.18. The normalized spacial score (nSPS) is 11.0. The van der Waals surface area contributed by atoms with Crippen LogP contribution in [0.2, 0.25) is 0 Å².